The number of nitrogens with zero attached hydrogens (tertiary/aromatic N) is 2. The maximum absolute atomic E-state index is 5.95. The number of ether oxygens (including phenoxy) is 2. The summed E-state index contributed by atoms with van der Waals surface area (Å²) in [6.07, 6.45) is 6.26. The summed E-state index contributed by atoms with van der Waals surface area (Å²) < 4.78 is 17.1. The van der Waals surface area contributed by atoms with Crippen LogP contribution in [0, 0.1) is 0 Å². The van der Waals surface area contributed by atoms with Crippen LogP contribution in [-0.2, 0) is 15.9 Å². The van der Waals surface area contributed by atoms with Crippen LogP contribution in [0.2, 0.25) is 0 Å². The molecule has 0 bridgehead atoms. The first kappa shape index (κ1) is 20.5. The van der Waals surface area contributed by atoms with Gasteiger partial charge in [-0.15, -0.1) is 24.0 Å². The maximum atomic E-state index is 5.95. The van der Waals surface area contributed by atoms with Crippen molar-refractivity contribution in [2.45, 2.75) is 44.8 Å². The van der Waals surface area contributed by atoms with Crippen LogP contribution in [0.15, 0.2) is 27.8 Å². The van der Waals surface area contributed by atoms with Crippen molar-refractivity contribution in [2.75, 3.05) is 39.4 Å². The standard InChI is InChI=1S/C18H29N3O3.HI/c1-2-8-19-18(20-9-7-15-5-3-11-22-15)21-10-13-24-17(14-21)16-6-4-12-23-16;/h3,5,11,16-17H,2,4,6-10,12-14H2,1H3,(H,19,20);1H. The van der Waals surface area contributed by atoms with E-state index in [9.17, 15) is 0 Å². The predicted molar refractivity (Wildman–Crippen MR) is 109 cm³/mol. The number of halogens is 1. The molecule has 0 spiro atoms. The van der Waals surface area contributed by atoms with Crippen molar-refractivity contribution in [1.29, 1.82) is 0 Å². The minimum Gasteiger partial charge on any atom is -0.469 e. The number of morpholine rings is 1. The molecule has 6 nitrogen and oxygen atoms in total. The number of hydrogen-bond donors (Lipinski definition) is 1. The van der Waals surface area contributed by atoms with Crippen LogP contribution in [0.1, 0.15) is 31.9 Å². The molecule has 3 rings (SSSR count). The Morgan fingerprint density at radius 3 is 2.92 bits per heavy atom. The Morgan fingerprint density at radius 2 is 2.20 bits per heavy atom. The summed E-state index contributed by atoms with van der Waals surface area (Å²) in [4.78, 5) is 7.06. The van der Waals surface area contributed by atoms with Gasteiger partial charge < -0.3 is 24.1 Å². The molecule has 2 saturated heterocycles. The first-order valence-corrected chi connectivity index (χ1v) is 9.15. The normalized spacial score (nSPS) is 24.2. The van der Waals surface area contributed by atoms with E-state index in [0.29, 0.717) is 0 Å². The third kappa shape index (κ3) is 6.14. The number of nitrogens with one attached hydrogen (secondary N) is 1. The second-order valence-corrected chi connectivity index (χ2v) is 6.37. The van der Waals surface area contributed by atoms with Gasteiger partial charge in [0.25, 0.3) is 0 Å². The van der Waals surface area contributed by atoms with Crippen LogP contribution < -0.4 is 5.32 Å². The zero-order valence-corrected chi connectivity index (χ0v) is 17.3. The van der Waals surface area contributed by atoms with Crippen LogP contribution >= 0.6 is 24.0 Å². The Morgan fingerprint density at radius 1 is 1.32 bits per heavy atom. The largest absolute Gasteiger partial charge is 0.469 e. The molecule has 0 saturated carbocycles. The van der Waals surface area contributed by atoms with Crippen molar-refractivity contribution in [2.24, 2.45) is 4.99 Å². The van der Waals surface area contributed by atoms with Crippen molar-refractivity contribution in [3.05, 3.63) is 24.2 Å². The average molecular weight is 463 g/mol. The van der Waals surface area contributed by atoms with Gasteiger partial charge in [0.15, 0.2) is 5.96 Å². The molecule has 0 aliphatic carbocycles. The van der Waals surface area contributed by atoms with Crippen LogP contribution in [0.5, 0.6) is 0 Å². The average Bonchev–Trinajstić information content (AvgIpc) is 3.31. The number of guanidine groups is 1. The van der Waals surface area contributed by atoms with E-state index in [4.69, 9.17) is 18.9 Å². The minimum absolute atomic E-state index is 0. The lowest BCUT2D eigenvalue weighted by molar-refractivity contribution is -0.0817. The fourth-order valence-corrected chi connectivity index (χ4v) is 3.23. The second-order valence-electron chi connectivity index (χ2n) is 6.37. The highest BCUT2D eigenvalue weighted by molar-refractivity contribution is 14.0. The van der Waals surface area contributed by atoms with Crippen LogP contribution in [-0.4, -0.2) is 62.5 Å². The summed E-state index contributed by atoms with van der Waals surface area (Å²) in [5.74, 6) is 1.98. The van der Waals surface area contributed by atoms with E-state index in [0.717, 1.165) is 76.8 Å². The summed E-state index contributed by atoms with van der Waals surface area (Å²) in [5.41, 5.74) is 0. The summed E-state index contributed by atoms with van der Waals surface area (Å²) in [7, 11) is 0. The monoisotopic (exact) mass is 463 g/mol. The number of furan rings is 1. The van der Waals surface area contributed by atoms with Crippen LogP contribution in [0.3, 0.4) is 0 Å². The lowest BCUT2D eigenvalue weighted by atomic mass is 10.1. The Hall–Kier alpha value is -0.800. The van der Waals surface area contributed by atoms with Crippen LogP contribution in [0.25, 0.3) is 0 Å². The van der Waals surface area contributed by atoms with Crippen molar-refractivity contribution >= 4 is 29.9 Å². The van der Waals surface area contributed by atoms with Gasteiger partial charge in [-0.05, 0) is 31.4 Å². The van der Waals surface area contributed by atoms with E-state index >= 15 is 0 Å². The van der Waals surface area contributed by atoms with Crippen molar-refractivity contribution in [3.8, 4) is 0 Å². The highest BCUT2D eigenvalue weighted by atomic mass is 127. The van der Waals surface area contributed by atoms with E-state index in [1.54, 1.807) is 6.26 Å². The lowest BCUT2D eigenvalue weighted by Crippen LogP contribution is -2.53. The second kappa shape index (κ2) is 11.0. The molecule has 2 aliphatic heterocycles. The van der Waals surface area contributed by atoms with Gasteiger partial charge in [-0.25, -0.2) is 0 Å². The van der Waals surface area contributed by atoms with Gasteiger partial charge in [0.2, 0.25) is 0 Å². The molecule has 25 heavy (non-hydrogen) atoms. The molecule has 0 amide bonds. The number of hydrogen-bond acceptors (Lipinski definition) is 4. The van der Waals surface area contributed by atoms with Gasteiger partial charge in [-0.3, -0.25) is 4.99 Å². The molecule has 2 fully saturated rings. The first-order chi connectivity index (χ1) is 11.9. The first-order valence-electron chi connectivity index (χ1n) is 9.15. The Kier molecular flexibility index (Phi) is 9.05. The van der Waals surface area contributed by atoms with Gasteiger partial charge in [-0.1, -0.05) is 6.92 Å². The summed E-state index contributed by atoms with van der Waals surface area (Å²) in [6.45, 7) is 7.13. The van der Waals surface area contributed by atoms with E-state index in [1.165, 1.54) is 0 Å². The van der Waals surface area contributed by atoms with Crippen molar-refractivity contribution in [1.82, 2.24) is 10.2 Å². The van der Waals surface area contributed by atoms with Gasteiger partial charge in [0.05, 0.1) is 19.0 Å². The highest BCUT2D eigenvalue weighted by Gasteiger charge is 2.32. The van der Waals surface area contributed by atoms with E-state index < -0.39 is 0 Å². The van der Waals surface area contributed by atoms with Gasteiger partial charge in [0, 0.05) is 39.2 Å². The van der Waals surface area contributed by atoms with E-state index in [2.05, 4.69) is 17.1 Å². The fourth-order valence-electron chi connectivity index (χ4n) is 3.23. The molecule has 0 radical (unpaired) electrons. The van der Waals surface area contributed by atoms with Crippen molar-refractivity contribution < 1.29 is 13.9 Å². The molecular weight excluding hydrogens is 433 g/mol. The topological polar surface area (TPSA) is 59.2 Å². The maximum Gasteiger partial charge on any atom is 0.194 e. The van der Waals surface area contributed by atoms with E-state index in [-0.39, 0.29) is 36.2 Å². The van der Waals surface area contributed by atoms with E-state index in [1.807, 2.05) is 12.1 Å². The molecule has 3 heterocycles. The molecule has 1 aromatic rings. The molecule has 7 heteroatoms. The SMILES string of the molecule is CCCN=C(NCCc1ccco1)N1CCOC(C2CCCO2)C1.I. The third-order valence-electron chi connectivity index (χ3n) is 4.49. The molecule has 1 N–H and O–H groups in total. The van der Waals surface area contributed by atoms with Crippen LogP contribution in [0.4, 0.5) is 0 Å². The molecule has 142 valence electrons. The molecule has 0 aromatic carbocycles. The molecule has 1 aromatic heterocycles. The van der Waals surface area contributed by atoms with Gasteiger partial charge >= 0.3 is 0 Å². The Bertz CT molecular complexity index is 504. The summed E-state index contributed by atoms with van der Waals surface area (Å²) >= 11 is 0. The summed E-state index contributed by atoms with van der Waals surface area (Å²) in [5, 5.41) is 3.49. The van der Waals surface area contributed by atoms with Gasteiger partial charge in [-0.2, -0.15) is 0 Å². The molecule has 2 aliphatic rings. The highest BCUT2D eigenvalue weighted by Crippen LogP contribution is 2.21. The summed E-state index contributed by atoms with van der Waals surface area (Å²) in [6, 6.07) is 3.93. The zero-order chi connectivity index (χ0) is 16.6. The fraction of sp³-hybridized carbons (Fsp3) is 0.722. The van der Waals surface area contributed by atoms with Gasteiger partial charge in [0.1, 0.15) is 11.9 Å². The third-order valence-corrected chi connectivity index (χ3v) is 4.49. The molecule has 2 unspecified atom stereocenters. The predicted octanol–water partition coefficient (Wildman–Crippen LogP) is 2.68. The molecule has 2 atom stereocenters. The minimum atomic E-state index is 0. The quantitative estimate of drug-likeness (QED) is 0.400. The number of rotatable bonds is 6. The van der Waals surface area contributed by atoms with Crippen molar-refractivity contribution in [3.63, 3.8) is 0 Å². The smallest absolute Gasteiger partial charge is 0.194 e. The lowest BCUT2D eigenvalue weighted by Gasteiger charge is -2.37. The number of aliphatic imine (C=N–C) groups is 1. The zero-order valence-electron chi connectivity index (χ0n) is 15.0. The molecular formula is C18H30IN3O3. The Labute approximate surface area is 167 Å². The Balaban J connectivity index is 0.00000225.